The molecule has 0 nitrogen and oxygen atoms in total. The van der Waals surface area contributed by atoms with Crippen molar-refractivity contribution in [1.29, 1.82) is 0 Å². The molecule has 0 aliphatic rings. The highest BCUT2D eigenvalue weighted by molar-refractivity contribution is 7.39. The van der Waals surface area contributed by atoms with Crippen LogP contribution in [0.2, 0.25) is 0 Å². The van der Waals surface area contributed by atoms with Gasteiger partial charge in [0.1, 0.15) is 0 Å². The van der Waals surface area contributed by atoms with Crippen molar-refractivity contribution in [2.75, 3.05) is 0 Å². The van der Waals surface area contributed by atoms with Crippen LogP contribution in [0.25, 0.3) is 0 Å². The molecule has 0 saturated carbocycles. The summed E-state index contributed by atoms with van der Waals surface area (Å²) in [5, 5.41) is 0.0179. The highest BCUT2D eigenvalue weighted by Gasteiger charge is 2.03. The molecule has 0 atom stereocenters. The molecule has 9 heavy (non-hydrogen) atoms. The fourth-order valence-electron chi connectivity index (χ4n) is 0.344. The maximum Gasteiger partial charge on any atom is 0.307 e. The SMILES string of the molecule is [2H]c1c([2H])c([2H])c([Si](Cl)Cl)c([2H])c1[2H]. The van der Waals surface area contributed by atoms with E-state index in [2.05, 4.69) is 0 Å². The molecule has 1 radical (unpaired) electrons. The lowest BCUT2D eigenvalue weighted by atomic mass is 10.4. The van der Waals surface area contributed by atoms with Gasteiger partial charge in [-0.15, -0.1) is 22.2 Å². The van der Waals surface area contributed by atoms with Gasteiger partial charge >= 0.3 is 7.42 Å². The molecule has 0 heterocycles. The zero-order valence-corrected chi connectivity index (χ0v) is 6.77. The summed E-state index contributed by atoms with van der Waals surface area (Å²) in [6.07, 6.45) is 0. The first-order valence-corrected chi connectivity index (χ1v) is 5.65. The molecule has 0 spiro atoms. The summed E-state index contributed by atoms with van der Waals surface area (Å²) in [6.45, 7) is 0. The van der Waals surface area contributed by atoms with Crippen LogP contribution < -0.4 is 5.19 Å². The van der Waals surface area contributed by atoms with E-state index >= 15 is 0 Å². The summed E-state index contributed by atoms with van der Waals surface area (Å²) in [5.41, 5.74) is 0. The number of halogens is 2. The lowest BCUT2D eigenvalue weighted by molar-refractivity contribution is 1.77. The van der Waals surface area contributed by atoms with Crippen molar-refractivity contribution in [2.24, 2.45) is 0 Å². The summed E-state index contributed by atoms with van der Waals surface area (Å²) < 4.78 is 36.8. The van der Waals surface area contributed by atoms with Gasteiger partial charge in [0.2, 0.25) is 0 Å². The molecule has 0 amide bonds. The molecule has 47 valence electrons. The molecule has 1 aromatic carbocycles. The Morgan fingerprint density at radius 1 is 1.22 bits per heavy atom. The Morgan fingerprint density at radius 3 is 2.22 bits per heavy atom. The van der Waals surface area contributed by atoms with Gasteiger partial charge in [-0.05, 0) is 5.19 Å². The van der Waals surface area contributed by atoms with Crippen molar-refractivity contribution in [3.05, 3.63) is 30.2 Å². The molecular formula is C6H5Cl2Si. The van der Waals surface area contributed by atoms with E-state index in [-0.39, 0.29) is 17.3 Å². The molecule has 0 bridgehead atoms. The molecular weight excluding hydrogens is 171 g/mol. The molecule has 0 fully saturated rings. The van der Waals surface area contributed by atoms with E-state index in [0.717, 1.165) is 0 Å². The molecule has 0 N–H and O–H groups in total. The standard InChI is InChI=1S/C6H5Cl2Si/c7-9(8)6-4-2-1-3-5-6/h1-5H/i1D,2D,3D,4D,5D. The quantitative estimate of drug-likeness (QED) is 0.458. The first kappa shape index (κ1) is 2.95. The van der Waals surface area contributed by atoms with Crippen LogP contribution in [0.15, 0.2) is 30.2 Å². The predicted octanol–water partition coefficient (Wildman–Crippen LogP) is 1.86. The van der Waals surface area contributed by atoms with E-state index in [0.29, 0.717) is 0 Å². The van der Waals surface area contributed by atoms with Gasteiger partial charge in [0.05, 0.1) is 6.85 Å². The average Bonchev–Trinajstić information content (AvgIpc) is 2.11. The predicted molar refractivity (Wildman–Crippen MR) is 43.5 cm³/mol. The van der Waals surface area contributed by atoms with Gasteiger partial charge in [-0.2, -0.15) is 0 Å². The molecule has 3 heteroatoms. The zero-order valence-electron chi connectivity index (χ0n) is 9.26. The van der Waals surface area contributed by atoms with Crippen LogP contribution in [0.1, 0.15) is 6.85 Å². The third-order valence-corrected chi connectivity index (χ3v) is 2.45. The Hall–Kier alpha value is 0.0169. The van der Waals surface area contributed by atoms with Crippen molar-refractivity contribution in [3.63, 3.8) is 0 Å². The third-order valence-electron chi connectivity index (χ3n) is 0.689. The Balaban J connectivity index is 3.60. The van der Waals surface area contributed by atoms with Gasteiger partial charge < -0.3 is 0 Å². The monoisotopic (exact) mass is 180 g/mol. The maximum absolute atomic E-state index is 7.45. The van der Waals surface area contributed by atoms with Gasteiger partial charge in [-0.1, -0.05) is 30.2 Å². The van der Waals surface area contributed by atoms with Crippen molar-refractivity contribution in [2.45, 2.75) is 0 Å². The van der Waals surface area contributed by atoms with Gasteiger partial charge in [0.25, 0.3) is 0 Å². The topological polar surface area (TPSA) is 0 Å². The molecule has 0 unspecified atom stereocenters. The fourth-order valence-corrected chi connectivity index (χ4v) is 1.23. The number of hydrogen-bond acceptors (Lipinski definition) is 0. The van der Waals surface area contributed by atoms with Gasteiger partial charge in [0, 0.05) is 0 Å². The molecule has 1 rings (SSSR count). The largest absolute Gasteiger partial charge is 0.307 e. The van der Waals surface area contributed by atoms with Crippen LogP contribution in [0, 0.1) is 0 Å². The molecule has 0 aliphatic carbocycles. The lowest BCUT2D eigenvalue weighted by Crippen LogP contribution is -2.16. The third kappa shape index (κ3) is 2.01. The second kappa shape index (κ2) is 3.25. The maximum atomic E-state index is 7.45. The lowest BCUT2D eigenvalue weighted by Gasteiger charge is -1.94. The van der Waals surface area contributed by atoms with Crippen LogP contribution in [-0.4, -0.2) is 7.42 Å². The second-order valence-electron chi connectivity index (χ2n) is 1.26. The van der Waals surface area contributed by atoms with E-state index in [9.17, 15) is 0 Å². The first-order chi connectivity index (χ1) is 6.37. The summed E-state index contributed by atoms with van der Waals surface area (Å²) in [6, 6.07) is -1.85. The van der Waals surface area contributed by atoms with Crippen molar-refractivity contribution < 1.29 is 6.85 Å². The first-order valence-electron chi connectivity index (χ1n) is 4.63. The van der Waals surface area contributed by atoms with Gasteiger partial charge in [-0.25, -0.2) is 0 Å². The van der Waals surface area contributed by atoms with E-state index in [1.807, 2.05) is 0 Å². The second-order valence-corrected chi connectivity index (χ2v) is 5.13. The summed E-state index contributed by atoms with van der Waals surface area (Å²) in [5.74, 6) is 0. The van der Waals surface area contributed by atoms with E-state index in [4.69, 9.17) is 29.0 Å². The van der Waals surface area contributed by atoms with E-state index in [1.54, 1.807) is 0 Å². The minimum Gasteiger partial charge on any atom is -0.140 e. The van der Waals surface area contributed by atoms with E-state index in [1.165, 1.54) is 0 Å². The van der Waals surface area contributed by atoms with E-state index < -0.39 is 25.5 Å². The summed E-state index contributed by atoms with van der Waals surface area (Å²) in [4.78, 5) is 0. The van der Waals surface area contributed by atoms with Crippen molar-refractivity contribution >= 4 is 34.8 Å². The Kier molecular flexibility index (Phi) is 1.07. The zero-order chi connectivity index (χ0) is 11.0. The van der Waals surface area contributed by atoms with Crippen molar-refractivity contribution in [3.8, 4) is 0 Å². The smallest absolute Gasteiger partial charge is 0.140 e. The van der Waals surface area contributed by atoms with Crippen LogP contribution in [0.3, 0.4) is 0 Å². The Labute approximate surface area is 72.5 Å². The van der Waals surface area contributed by atoms with Gasteiger partial charge in [-0.3, -0.25) is 0 Å². The highest BCUT2D eigenvalue weighted by atomic mass is 35.7. The summed E-state index contributed by atoms with van der Waals surface area (Å²) >= 11 is 11.2. The van der Waals surface area contributed by atoms with Crippen LogP contribution >= 0.6 is 22.2 Å². The number of benzene rings is 1. The molecule has 0 aliphatic heterocycles. The fraction of sp³-hybridized carbons (Fsp3) is 0. The number of hydrogen-bond donors (Lipinski definition) is 0. The molecule has 1 aromatic rings. The molecule has 0 saturated heterocycles. The van der Waals surface area contributed by atoms with Crippen molar-refractivity contribution in [1.82, 2.24) is 0 Å². The Bertz CT molecular complexity index is 352. The van der Waals surface area contributed by atoms with Crippen LogP contribution in [-0.2, 0) is 0 Å². The minimum absolute atomic E-state index is 0.0179. The van der Waals surface area contributed by atoms with Crippen LogP contribution in [0.5, 0.6) is 0 Å². The molecule has 0 aromatic heterocycles. The van der Waals surface area contributed by atoms with Gasteiger partial charge in [0.15, 0.2) is 0 Å². The Morgan fingerprint density at radius 2 is 1.78 bits per heavy atom. The highest BCUT2D eigenvalue weighted by Crippen LogP contribution is 1.96. The summed E-state index contributed by atoms with van der Waals surface area (Å²) in [7, 11) is -2.09. The average molecular weight is 181 g/mol. The number of rotatable bonds is 1. The van der Waals surface area contributed by atoms with Crippen LogP contribution in [0.4, 0.5) is 0 Å². The normalized spacial score (nSPS) is 17.9. The minimum atomic E-state index is -2.09.